The average molecular weight is 260 g/mol. The highest BCUT2D eigenvalue weighted by Crippen LogP contribution is 2.15. The van der Waals surface area contributed by atoms with Gasteiger partial charge in [0.25, 0.3) is 0 Å². The lowest BCUT2D eigenvalue weighted by Gasteiger charge is -2.06. The highest BCUT2D eigenvalue weighted by atomic mass is 19.1. The average Bonchev–Trinajstić information content (AvgIpc) is 2.30. The Kier molecular flexibility index (Phi) is 3.74. The van der Waals surface area contributed by atoms with Gasteiger partial charge in [0, 0.05) is 6.42 Å². The molecule has 1 nitrogen and oxygen atoms in total. The summed E-state index contributed by atoms with van der Waals surface area (Å²) in [6.07, 6.45) is 0.0723. The van der Waals surface area contributed by atoms with Crippen molar-refractivity contribution in [2.45, 2.75) is 20.3 Å². The fourth-order valence-electron chi connectivity index (χ4n) is 2.16. The Bertz CT molecular complexity index is 612. The molecule has 98 valence electrons. The number of ketones is 1. The van der Waals surface area contributed by atoms with E-state index in [1.54, 1.807) is 0 Å². The smallest absolute Gasteiger partial charge is 0.170 e. The maximum Gasteiger partial charge on any atom is 0.170 e. The summed E-state index contributed by atoms with van der Waals surface area (Å²) < 4.78 is 26.5. The monoisotopic (exact) mass is 260 g/mol. The van der Waals surface area contributed by atoms with Crippen LogP contribution in [0.2, 0.25) is 0 Å². The van der Waals surface area contributed by atoms with Crippen LogP contribution >= 0.6 is 0 Å². The molecule has 0 bridgehead atoms. The SMILES string of the molecule is Cc1cc(C)cc(CC(=O)c2cc(F)ccc2F)c1. The van der Waals surface area contributed by atoms with Gasteiger partial charge in [-0.1, -0.05) is 29.3 Å². The van der Waals surface area contributed by atoms with Crippen LogP contribution in [0.25, 0.3) is 0 Å². The molecule has 0 radical (unpaired) electrons. The minimum Gasteiger partial charge on any atom is -0.294 e. The van der Waals surface area contributed by atoms with E-state index >= 15 is 0 Å². The standard InChI is InChI=1S/C16H14F2O/c1-10-5-11(2)7-12(6-10)8-16(19)14-9-13(17)3-4-15(14)18/h3-7,9H,8H2,1-2H3. The van der Waals surface area contributed by atoms with Crippen molar-refractivity contribution >= 4 is 5.78 Å². The second-order valence-corrected chi connectivity index (χ2v) is 4.72. The van der Waals surface area contributed by atoms with Crippen molar-refractivity contribution in [2.75, 3.05) is 0 Å². The Hall–Kier alpha value is -2.03. The minimum absolute atomic E-state index is 0.0723. The summed E-state index contributed by atoms with van der Waals surface area (Å²) >= 11 is 0. The van der Waals surface area contributed by atoms with Gasteiger partial charge in [-0.15, -0.1) is 0 Å². The van der Waals surface area contributed by atoms with Gasteiger partial charge in [0.15, 0.2) is 5.78 Å². The van der Waals surface area contributed by atoms with Gasteiger partial charge in [0.05, 0.1) is 5.56 Å². The van der Waals surface area contributed by atoms with Crippen molar-refractivity contribution in [3.8, 4) is 0 Å². The molecular weight excluding hydrogens is 246 g/mol. The number of aryl methyl sites for hydroxylation is 2. The third kappa shape index (κ3) is 3.25. The van der Waals surface area contributed by atoms with Gasteiger partial charge in [0.2, 0.25) is 0 Å². The number of halogens is 2. The summed E-state index contributed by atoms with van der Waals surface area (Å²) in [7, 11) is 0. The van der Waals surface area contributed by atoms with Crippen molar-refractivity contribution < 1.29 is 13.6 Å². The quantitative estimate of drug-likeness (QED) is 0.762. The number of Topliss-reactive ketones (excluding diaryl/α,β-unsaturated/α-hetero) is 1. The van der Waals surface area contributed by atoms with Crippen molar-refractivity contribution in [3.63, 3.8) is 0 Å². The number of rotatable bonds is 3. The Labute approximate surface area is 110 Å². The second-order valence-electron chi connectivity index (χ2n) is 4.72. The van der Waals surface area contributed by atoms with E-state index in [1.807, 2.05) is 32.0 Å². The molecular formula is C16H14F2O. The molecule has 0 saturated heterocycles. The van der Waals surface area contributed by atoms with Crippen LogP contribution in [0.3, 0.4) is 0 Å². The van der Waals surface area contributed by atoms with E-state index in [4.69, 9.17) is 0 Å². The number of hydrogen-bond acceptors (Lipinski definition) is 1. The van der Waals surface area contributed by atoms with Gasteiger partial charge in [-0.25, -0.2) is 8.78 Å². The molecule has 0 saturated carbocycles. The molecule has 0 N–H and O–H groups in total. The lowest BCUT2D eigenvalue weighted by Crippen LogP contribution is -2.07. The van der Waals surface area contributed by atoms with Gasteiger partial charge in [-0.3, -0.25) is 4.79 Å². The second kappa shape index (κ2) is 5.31. The Morgan fingerprint density at radius 2 is 1.63 bits per heavy atom. The summed E-state index contributed by atoms with van der Waals surface area (Å²) in [4.78, 5) is 12.0. The minimum atomic E-state index is -0.684. The van der Waals surface area contributed by atoms with E-state index in [0.717, 1.165) is 34.9 Å². The van der Waals surface area contributed by atoms with Crippen LogP contribution in [0.15, 0.2) is 36.4 Å². The first-order chi connectivity index (χ1) is 8.95. The zero-order valence-electron chi connectivity index (χ0n) is 10.8. The van der Waals surface area contributed by atoms with E-state index in [1.165, 1.54) is 0 Å². The molecule has 0 atom stereocenters. The van der Waals surface area contributed by atoms with Crippen molar-refractivity contribution in [1.82, 2.24) is 0 Å². The zero-order valence-corrected chi connectivity index (χ0v) is 10.8. The molecule has 0 fully saturated rings. The number of benzene rings is 2. The third-order valence-corrected chi connectivity index (χ3v) is 2.87. The van der Waals surface area contributed by atoms with Crippen LogP contribution in [-0.2, 0) is 6.42 Å². The van der Waals surface area contributed by atoms with Crippen LogP contribution in [0.1, 0.15) is 27.0 Å². The fraction of sp³-hybridized carbons (Fsp3) is 0.188. The van der Waals surface area contributed by atoms with Crippen molar-refractivity contribution in [1.29, 1.82) is 0 Å². The van der Waals surface area contributed by atoms with E-state index < -0.39 is 17.4 Å². The van der Waals surface area contributed by atoms with E-state index in [2.05, 4.69) is 0 Å². The molecule has 2 aromatic rings. The molecule has 0 aliphatic heterocycles. The third-order valence-electron chi connectivity index (χ3n) is 2.87. The number of carbonyl (C=O) groups is 1. The van der Waals surface area contributed by atoms with Gasteiger partial charge in [-0.05, 0) is 37.6 Å². The Morgan fingerprint density at radius 3 is 2.26 bits per heavy atom. The molecule has 2 rings (SSSR count). The number of carbonyl (C=O) groups excluding carboxylic acids is 1. The maximum atomic E-state index is 13.5. The van der Waals surface area contributed by atoms with Gasteiger partial charge < -0.3 is 0 Å². The Morgan fingerprint density at radius 1 is 1.00 bits per heavy atom. The first-order valence-electron chi connectivity index (χ1n) is 6.01. The normalized spacial score (nSPS) is 10.5. The highest BCUT2D eigenvalue weighted by molar-refractivity contribution is 5.97. The van der Waals surface area contributed by atoms with Crippen LogP contribution in [0, 0.1) is 25.5 Å². The summed E-state index contributed by atoms with van der Waals surface area (Å²) in [6, 6.07) is 8.67. The predicted molar refractivity (Wildman–Crippen MR) is 70.3 cm³/mol. The first kappa shape index (κ1) is 13.4. The molecule has 0 spiro atoms. The van der Waals surface area contributed by atoms with Gasteiger partial charge in [0.1, 0.15) is 11.6 Å². The van der Waals surface area contributed by atoms with Gasteiger partial charge in [-0.2, -0.15) is 0 Å². The van der Waals surface area contributed by atoms with Crippen LogP contribution in [0.5, 0.6) is 0 Å². The molecule has 0 aliphatic rings. The molecule has 0 aliphatic carbocycles. The predicted octanol–water partition coefficient (Wildman–Crippen LogP) is 4.01. The van der Waals surface area contributed by atoms with Crippen molar-refractivity contribution in [3.05, 3.63) is 70.3 Å². The highest BCUT2D eigenvalue weighted by Gasteiger charge is 2.13. The molecule has 0 unspecified atom stereocenters. The fourth-order valence-corrected chi connectivity index (χ4v) is 2.16. The van der Waals surface area contributed by atoms with Gasteiger partial charge >= 0.3 is 0 Å². The summed E-state index contributed by atoms with van der Waals surface area (Å²) in [5, 5.41) is 0. The Balaban J connectivity index is 2.28. The van der Waals surface area contributed by atoms with Crippen LogP contribution in [0.4, 0.5) is 8.78 Å². The summed E-state index contributed by atoms with van der Waals surface area (Å²) in [5.41, 5.74) is 2.70. The van der Waals surface area contributed by atoms with E-state index in [-0.39, 0.29) is 12.0 Å². The molecule has 3 heteroatoms. The molecule has 2 aromatic carbocycles. The largest absolute Gasteiger partial charge is 0.294 e. The zero-order chi connectivity index (χ0) is 14.0. The topological polar surface area (TPSA) is 17.1 Å². The molecule has 19 heavy (non-hydrogen) atoms. The lowest BCUT2D eigenvalue weighted by atomic mass is 9.99. The summed E-state index contributed by atoms with van der Waals surface area (Å²) in [6.45, 7) is 3.87. The molecule has 0 aromatic heterocycles. The van der Waals surface area contributed by atoms with E-state index in [9.17, 15) is 13.6 Å². The van der Waals surface area contributed by atoms with Crippen LogP contribution in [-0.4, -0.2) is 5.78 Å². The molecule has 0 amide bonds. The summed E-state index contributed by atoms with van der Waals surface area (Å²) in [5.74, 6) is -1.71. The molecule has 0 heterocycles. The van der Waals surface area contributed by atoms with Crippen molar-refractivity contribution in [2.24, 2.45) is 0 Å². The number of hydrogen-bond donors (Lipinski definition) is 0. The lowest BCUT2D eigenvalue weighted by molar-refractivity contribution is 0.0988. The maximum absolute atomic E-state index is 13.5. The van der Waals surface area contributed by atoms with Crippen LogP contribution < -0.4 is 0 Å². The van der Waals surface area contributed by atoms with E-state index in [0.29, 0.717) is 0 Å². The first-order valence-corrected chi connectivity index (χ1v) is 6.01.